The number of halogens is 1. The van der Waals surface area contributed by atoms with Crippen LogP contribution in [0.15, 0.2) is 23.1 Å². The maximum absolute atomic E-state index is 13.4. The normalized spacial score (nSPS) is 11.7. The Kier molecular flexibility index (Phi) is 4.76. The van der Waals surface area contributed by atoms with Crippen molar-refractivity contribution in [3.8, 4) is 0 Å². The predicted octanol–water partition coefficient (Wildman–Crippen LogP) is 1.42. The van der Waals surface area contributed by atoms with Gasteiger partial charge in [-0.1, -0.05) is 12.1 Å². The van der Waals surface area contributed by atoms with Crippen LogP contribution < -0.4 is 5.73 Å². The first-order valence-electron chi connectivity index (χ1n) is 4.72. The minimum absolute atomic E-state index is 0.0377. The first kappa shape index (κ1) is 13.5. The van der Waals surface area contributed by atoms with Gasteiger partial charge in [-0.15, -0.1) is 11.8 Å². The molecule has 0 spiro atoms. The van der Waals surface area contributed by atoms with E-state index in [9.17, 15) is 12.8 Å². The van der Waals surface area contributed by atoms with Gasteiger partial charge in [-0.25, -0.2) is 12.8 Å². The van der Waals surface area contributed by atoms with Crippen LogP contribution >= 0.6 is 11.8 Å². The van der Waals surface area contributed by atoms with Crippen LogP contribution in [-0.4, -0.2) is 26.2 Å². The zero-order valence-electron chi connectivity index (χ0n) is 8.94. The van der Waals surface area contributed by atoms with Crippen LogP contribution in [0, 0.1) is 5.82 Å². The van der Waals surface area contributed by atoms with E-state index in [2.05, 4.69) is 0 Å². The van der Waals surface area contributed by atoms with E-state index in [1.54, 1.807) is 12.1 Å². The summed E-state index contributed by atoms with van der Waals surface area (Å²) < 4.78 is 35.3. The van der Waals surface area contributed by atoms with E-state index in [0.717, 1.165) is 0 Å². The highest BCUT2D eigenvalue weighted by atomic mass is 32.2. The minimum Gasteiger partial charge on any atom is -0.326 e. The highest BCUT2D eigenvalue weighted by molar-refractivity contribution is 8.00. The first-order chi connectivity index (χ1) is 7.44. The van der Waals surface area contributed by atoms with Crippen LogP contribution in [0.25, 0.3) is 0 Å². The van der Waals surface area contributed by atoms with E-state index < -0.39 is 9.84 Å². The van der Waals surface area contributed by atoms with Crippen molar-refractivity contribution in [3.05, 3.63) is 29.6 Å². The average molecular weight is 263 g/mol. The zero-order valence-corrected chi connectivity index (χ0v) is 10.6. The summed E-state index contributed by atoms with van der Waals surface area (Å²) in [5, 5.41) is 0. The lowest BCUT2D eigenvalue weighted by atomic mass is 10.2. The summed E-state index contributed by atoms with van der Waals surface area (Å²) in [5.41, 5.74) is 6.19. The maximum Gasteiger partial charge on any atom is 0.148 e. The van der Waals surface area contributed by atoms with Crippen LogP contribution in [0.1, 0.15) is 5.56 Å². The molecule has 0 aliphatic carbocycles. The van der Waals surface area contributed by atoms with Crippen molar-refractivity contribution in [2.24, 2.45) is 5.73 Å². The van der Waals surface area contributed by atoms with E-state index >= 15 is 0 Å². The molecule has 0 radical (unpaired) electrons. The molecule has 0 unspecified atom stereocenters. The Bertz CT molecular complexity index is 460. The van der Waals surface area contributed by atoms with Crippen LogP contribution in [0.2, 0.25) is 0 Å². The number of nitrogens with two attached hydrogens (primary N) is 1. The molecule has 1 aromatic carbocycles. The third kappa shape index (κ3) is 4.11. The number of thioether (sulfide) groups is 1. The van der Waals surface area contributed by atoms with Crippen molar-refractivity contribution in [2.45, 2.75) is 11.4 Å². The van der Waals surface area contributed by atoms with Crippen LogP contribution in [0.5, 0.6) is 0 Å². The second-order valence-corrected chi connectivity index (χ2v) is 6.78. The molecule has 90 valence electrons. The Labute approximate surface area is 99.1 Å². The average Bonchev–Trinajstić information content (AvgIpc) is 2.18. The molecule has 0 aromatic heterocycles. The summed E-state index contributed by atoms with van der Waals surface area (Å²) in [5.74, 6) is 0.0319. The van der Waals surface area contributed by atoms with Gasteiger partial charge in [-0.2, -0.15) is 0 Å². The number of hydrogen-bond donors (Lipinski definition) is 1. The largest absolute Gasteiger partial charge is 0.326 e. The summed E-state index contributed by atoms with van der Waals surface area (Å²) in [7, 11) is -3.00. The van der Waals surface area contributed by atoms with Gasteiger partial charge in [0.2, 0.25) is 0 Å². The molecular formula is C10H14FNO2S2. The Morgan fingerprint density at radius 3 is 2.69 bits per heavy atom. The minimum atomic E-state index is -3.00. The Morgan fingerprint density at radius 2 is 2.12 bits per heavy atom. The van der Waals surface area contributed by atoms with Crippen LogP contribution in [0.3, 0.4) is 0 Å². The molecule has 16 heavy (non-hydrogen) atoms. The molecule has 2 N–H and O–H groups in total. The monoisotopic (exact) mass is 263 g/mol. The molecule has 0 atom stereocenters. The highest BCUT2D eigenvalue weighted by Gasteiger charge is 2.09. The molecule has 0 heterocycles. The van der Waals surface area contributed by atoms with Gasteiger partial charge in [-0.05, 0) is 11.6 Å². The van der Waals surface area contributed by atoms with Crippen molar-refractivity contribution in [1.82, 2.24) is 0 Å². The van der Waals surface area contributed by atoms with Crippen molar-refractivity contribution < 1.29 is 12.8 Å². The third-order valence-electron chi connectivity index (χ3n) is 1.97. The molecule has 0 saturated carbocycles. The fourth-order valence-corrected chi connectivity index (χ4v) is 3.46. The zero-order chi connectivity index (χ0) is 12.2. The van der Waals surface area contributed by atoms with Gasteiger partial charge in [-0.3, -0.25) is 0 Å². The Hall–Kier alpha value is -0.590. The van der Waals surface area contributed by atoms with Crippen molar-refractivity contribution >= 4 is 21.6 Å². The first-order valence-corrected chi connectivity index (χ1v) is 7.76. The second kappa shape index (κ2) is 5.65. The SMILES string of the molecule is CS(=O)(=O)CCSc1c(F)cccc1CN. The van der Waals surface area contributed by atoms with Gasteiger partial charge in [0.05, 0.1) is 5.75 Å². The molecule has 6 heteroatoms. The highest BCUT2D eigenvalue weighted by Crippen LogP contribution is 2.25. The molecule has 1 aromatic rings. The van der Waals surface area contributed by atoms with Crippen LogP contribution in [0.4, 0.5) is 4.39 Å². The van der Waals surface area contributed by atoms with E-state index in [4.69, 9.17) is 5.73 Å². The molecule has 0 saturated heterocycles. The lowest BCUT2D eigenvalue weighted by molar-refractivity contribution is 0.596. The molecule has 1 rings (SSSR count). The number of hydrogen-bond acceptors (Lipinski definition) is 4. The van der Waals surface area contributed by atoms with Gasteiger partial charge in [0.15, 0.2) is 0 Å². The molecule has 0 aliphatic rings. The van der Waals surface area contributed by atoms with Crippen molar-refractivity contribution in [1.29, 1.82) is 0 Å². The van der Waals surface area contributed by atoms with E-state index in [1.807, 2.05) is 0 Å². The quantitative estimate of drug-likeness (QED) is 0.816. The van der Waals surface area contributed by atoms with Gasteiger partial charge >= 0.3 is 0 Å². The molecule has 0 fully saturated rings. The second-order valence-electron chi connectivity index (χ2n) is 3.41. The lowest BCUT2D eigenvalue weighted by Crippen LogP contribution is -2.06. The topological polar surface area (TPSA) is 60.2 Å². The fourth-order valence-electron chi connectivity index (χ4n) is 1.17. The van der Waals surface area contributed by atoms with Crippen molar-refractivity contribution in [3.63, 3.8) is 0 Å². The van der Waals surface area contributed by atoms with Gasteiger partial charge < -0.3 is 5.73 Å². The van der Waals surface area contributed by atoms with E-state index in [1.165, 1.54) is 24.1 Å². The fraction of sp³-hybridized carbons (Fsp3) is 0.400. The predicted molar refractivity (Wildman–Crippen MR) is 64.7 cm³/mol. The molecular weight excluding hydrogens is 249 g/mol. The van der Waals surface area contributed by atoms with E-state index in [-0.39, 0.29) is 18.1 Å². The van der Waals surface area contributed by atoms with Gasteiger partial charge in [0.1, 0.15) is 15.7 Å². The number of benzene rings is 1. The standard InChI is InChI=1S/C10H14FNO2S2/c1-16(13,14)6-5-15-10-8(7-12)3-2-4-9(10)11/h2-4H,5-7,12H2,1H3. The van der Waals surface area contributed by atoms with Crippen LogP contribution in [-0.2, 0) is 16.4 Å². The summed E-state index contributed by atoms with van der Waals surface area (Å²) in [6, 6.07) is 4.69. The van der Waals surface area contributed by atoms with Gasteiger partial charge in [0.25, 0.3) is 0 Å². The lowest BCUT2D eigenvalue weighted by Gasteiger charge is -2.07. The summed E-state index contributed by atoms with van der Waals surface area (Å²) >= 11 is 1.19. The Balaban J connectivity index is 2.73. The van der Waals surface area contributed by atoms with Crippen molar-refractivity contribution in [2.75, 3.05) is 17.8 Å². The summed E-state index contributed by atoms with van der Waals surface area (Å²) in [4.78, 5) is 0.452. The summed E-state index contributed by atoms with van der Waals surface area (Å²) in [6.07, 6.45) is 1.17. The summed E-state index contributed by atoms with van der Waals surface area (Å²) in [6.45, 7) is 0.249. The molecule has 0 aliphatic heterocycles. The number of sulfone groups is 1. The molecule has 3 nitrogen and oxygen atoms in total. The molecule has 0 amide bonds. The third-order valence-corrected chi connectivity index (χ3v) is 4.33. The molecule has 0 bridgehead atoms. The maximum atomic E-state index is 13.4. The van der Waals surface area contributed by atoms with E-state index in [0.29, 0.717) is 16.2 Å². The smallest absolute Gasteiger partial charge is 0.148 e. The van der Waals surface area contributed by atoms with Gasteiger partial charge in [0, 0.05) is 23.4 Å². The Morgan fingerprint density at radius 1 is 1.44 bits per heavy atom. The number of rotatable bonds is 5.